The highest BCUT2D eigenvalue weighted by Gasteiger charge is 2.33. The number of carbonyl (C=O) groups excluding carboxylic acids is 2. The summed E-state index contributed by atoms with van der Waals surface area (Å²) in [4.78, 5) is 23.0. The van der Waals surface area contributed by atoms with Gasteiger partial charge < -0.3 is 9.52 Å². The lowest BCUT2D eigenvalue weighted by Gasteiger charge is -2.15. The molecule has 0 bridgehead atoms. The van der Waals surface area contributed by atoms with Gasteiger partial charge in [-0.1, -0.05) is 6.92 Å². The third kappa shape index (κ3) is 1.46. The molecule has 80 valence electrons. The zero-order chi connectivity index (χ0) is 11.2. The number of aromatic hydroxyl groups is 1. The number of furan rings is 1. The SMILES string of the molecule is CC(=O)c1c(O)oc2c1C(=O)C[C@H](C)C2. The maximum atomic E-state index is 11.7. The van der Waals surface area contributed by atoms with E-state index < -0.39 is 5.95 Å². The number of rotatable bonds is 1. The minimum absolute atomic E-state index is 0.0434. The second kappa shape index (κ2) is 3.22. The molecule has 4 nitrogen and oxygen atoms in total. The Balaban J connectivity index is 2.61. The molecule has 0 amide bonds. The molecule has 0 aliphatic heterocycles. The second-order valence-corrected chi connectivity index (χ2v) is 4.07. The normalized spacial score (nSPS) is 20.1. The standard InChI is InChI=1S/C11H12O4/c1-5-3-7(13)10-8(4-5)15-11(14)9(10)6(2)12/h5,14H,3-4H2,1-2H3/t5-/m0/s1. The number of hydrogen-bond donors (Lipinski definition) is 1. The summed E-state index contributed by atoms with van der Waals surface area (Å²) in [6.07, 6.45) is 1.01. The molecule has 0 saturated heterocycles. The highest BCUT2D eigenvalue weighted by molar-refractivity contribution is 6.10. The number of fused-ring (bicyclic) bond motifs is 1. The first kappa shape index (κ1) is 9.96. The minimum atomic E-state index is -0.421. The lowest BCUT2D eigenvalue weighted by atomic mass is 9.86. The van der Waals surface area contributed by atoms with Gasteiger partial charge in [0.25, 0.3) is 5.95 Å². The van der Waals surface area contributed by atoms with E-state index in [2.05, 4.69) is 0 Å². The van der Waals surface area contributed by atoms with Crippen LogP contribution in [0.1, 0.15) is 46.7 Å². The van der Waals surface area contributed by atoms with Crippen molar-refractivity contribution in [2.24, 2.45) is 5.92 Å². The molecule has 0 aromatic carbocycles. The fourth-order valence-electron chi connectivity index (χ4n) is 2.04. The van der Waals surface area contributed by atoms with Gasteiger partial charge in [0.15, 0.2) is 11.6 Å². The molecule has 2 rings (SSSR count). The van der Waals surface area contributed by atoms with Crippen molar-refractivity contribution in [2.45, 2.75) is 26.7 Å². The van der Waals surface area contributed by atoms with Crippen LogP contribution in [0.4, 0.5) is 0 Å². The van der Waals surface area contributed by atoms with Crippen LogP contribution in [0.2, 0.25) is 0 Å². The van der Waals surface area contributed by atoms with Crippen LogP contribution in [0.15, 0.2) is 4.42 Å². The number of Topliss-reactive ketones (excluding diaryl/α,β-unsaturated/α-hetero) is 2. The van der Waals surface area contributed by atoms with Gasteiger partial charge in [0.05, 0.1) is 5.56 Å². The number of ketones is 2. The van der Waals surface area contributed by atoms with E-state index in [4.69, 9.17) is 4.42 Å². The summed E-state index contributed by atoms with van der Waals surface area (Å²) in [6.45, 7) is 3.25. The fourth-order valence-corrected chi connectivity index (χ4v) is 2.04. The van der Waals surface area contributed by atoms with Gasteiger partial charge in [-0.3, -0.25) is 9.59 Å². The zero-order valence-corrected chi connectivity index (χ0v) is 8.66. The van der Waals surface area contributed by atoms with Crippen molar-refractivity contribution in [3.8, 4) is 5.95 Å². The summed E-state index contributed by atoms with van der Waals surface area (Å²) in [7, 11) is 0. The van der Waals surface area contributed by atoms with Gasteiger partial charge in [-0.2, -0.15) is 0 Å². The van der Waals surface area contributed by atoms with Crippen molar-refractivity contribution >= 4 is 11.6 Å². The molecular formula is C11H12O4. The molecule has 1 aromatic heterocycles. The Morgan fingerprint density at radius 3 is 2.73 bits per heavy atom. The molecular weight excluding hydrogens is 196 g/mol. The third-order valence-electron chi connectivity index (χ3n) is 2.66. The van der Waals surface area contributed by atoms with Crippen LogP contribution < -0.4 is 0 Å². The smallest absolute Gasteiger partial charge is 0.294 e. The van der Waals surface area contributed by atoms with E-state index in [0.29, 0.717) is 18.6 Å². The van der Waals surface area contributed by atoms with Crippen LogP contribution in [-0.2, 0) is 6.42 Å². The van der Waals surface area contributed by atoms with Crippen molar-refractivity contribution < 1.29 is 19.1 Å². The highest BCUT2D eigenvalue weighted by Crippen LogP contribution is 2.35. The monoisotopic (exact) mass is 208 g/mol. The van der Waals surface area contributed by atoms with Gasteiger partial charge in [-0.15, -0.1) is 0 Å². The maximum Gasteiger partial charge on any atom is 0.294 e. The van der Waals surface area contributed by atoms with Crippen molar-refractivity contribution in [2.75, 3.05) is 0 Å². The molecule has 1 aliphatic rings. The van der Waals surface area contributed by atoms with Crippen LogP contribution >= 0.6 is 0 Å². The lowest BCUT2D eigenvalue weighted by Crippen LogP contribution is -2.18. The van der Waals surface area contributed by atoms with Gasteiger partial charge in [-0.25, -0.2) is 0 Å². The van der Waals surface area contributed by atoms with Crippen molar-refractivity contribution in [1.29, 1.82) is 0 Å². The van der Waals surface area contributed by atoms with Crippen molar-refractivity contribution in [1.82, 2.24) is 0 Å². The maximum absolute atomic E-state index is 11.7. The molecule has 1 aliphatic carbocycles. The van der Waals surface area contributed by atoms with Gasteiger partial charge in [0.2, 0.25) is 0 Å². The summed E-state index contributed by atoms with van der Waals surface area (Å²) in [5, 5.41) is 9.44. The van der Waals surface area contributed by atoms with E-state index in [1.807, 2.05) is 6.92 Å². The van der Waals surface area contributed by atoms with E-state index >= 15 is 0 Å². The van der Waals surface area contributed by atoms with Crippen LogP contribution in [0.25, 0.3) is 0 Å². The van der Waals surface area contributed by atoms with Gasteiger partial charge in [-0.05, 0) is 12.8 Å². The average Bonchev–Trinajstić information content (AvgIpc) is 2.40. The van der Waals surface area contributed by atoms with E-state index in [0.717, 1.165) is 0 Å². The highest BCUT2D eigenvalue weighted by atomic mass is 16.5. The molecule has 0 spiro atoms. The van der Waals surface area contributed by atoms with Crippen molar-refractivity contribution in [3.63, 3.8) is 0 Å². The van der Waals surface area contributed by atoms with E-state index in [1.165, 1.54) is 6.92 Å². The first-order chi connectivity index (χ1) is 7.00. The van der Waals surface area contributed by atoms with E-state index in [9.17, 15) is 14.7 Å². The number of carbonyl (C=O) groups is 2. The second-order valence-electron chi connectivity index (χ2n) is 4.07. The predicted molar refractivity (Wildman–Crippen MR) is 52.2 cm³/mol. The van der Waals surface area contributed by atoms with Gasteiger partial charge in [0.1, 0.15) is 11.3 Å². The number of hydrogen-bond acceptors (Lipinski definition) is 4. The molecule has 1 aromatic rings. The molecule has 15 heavy (non-hydrogen) atoms. The Morgan fingerprint density at radius 1 is 1.47 bits per heavy atom. The zero-order valence-electron chi connectivity index (χ0n) is 8.66. The van der Waals surface area contributed by atoms with E-state index in [-0.39, 0.29) is 28.6 Å². The Morgan fingerprint density at radius 2 is 2.13 bits per heavy atom. The van der Waals surface area contributed by atoms with Crippen LogP contribution in [0.3, 0.4) is 0 Å². The summed E-state index contributed by atoms with van der Waals surface area (Å²) in [6, 6.07) is 0. The Kier molecular flexibility index (Phi) is 2.14. The first-order valence-corrected chi connectivity index (χ1v) is 4.89. The average molecular weight is 208 g/mol. The summed E-state index contributed by atoms with van der Waals surface area (Å²) < 4.78 is 5.05. The minimum Gasteiger partial charge on any atom is -0.480 e. The van der Waals surface area contributed by atoms with Crippen LogP contribution in [-0.4, -0.2) is 16.7 Å². The van der Waals surface area contributed by atoms with E-state index in [1.54, 1.807) is 0 Å². The lowest BCUT2D eigenvalue weighted by molar-refractivity contribution is 0.0935. The first-order valence-electron chi connectivity index (χ1n) is 4.89. The summed E-state index contributed by atoms with van der Waals surface area (Å²) in [5.74, 6) is -0.217. The molecule has 0 saturated carbocycles. The predicted octanol–water partition coefficient (Wildman–Crippen LogP) is 1.95. The summed E-state index contributed by atoms with van der Waals surface area (Å²) in [5.41, 5.74) is 0.333. The van der Waals surface area contributed by atoms with Gasteiger partial charge >= 0.3 is 0 Å². The Labute approximate surface area is 86.9 Å². The molecule has 1 N–H and O–H groups in total. The van der Waals surface area contributed by atoms with Crippen molar-refractivity contribution in [3.05, 3.63) is 16.9 Å². The molecule has 4 heteroatoms. The molecule has 0 unspecified atom stereocenters. The molecule has 0 radical (unpaired) electrons. The Hall–Kier alpha value is -1.58. The largest absolute Gasteiger partial charge is 0.480 e. The topological polar surface area (TPSA) is 67.5 Å². The third-order valence-corrected chi connectivity index (χ3v) is 2.66. The van der Waals surface area contributed by atoms with Crippen LogP contribution in [0.5, 0.6) is 5.95 Å². The summed E-state index contributed by atoms with van der Waals surface area (Å²) >= 11 is 0. The molecule has 1 atom stereocenters. The fraction of sp³-hybridized carbons (Fsp3) is 0.455. The van der Waals surface area contributed by atoms with Gasteiger partial charge in [0, 0.05) is 12.8 Å². The quantitative estimate of drug-likeness (QED) is 0.716. The molecule has 1 heterocycles. The molecule has 0 fully saturated rings. The Bertz CT molecular complexity index is 442. The van der Waals surface area contributed by atoms with Crippen LogP contribution in [0, 0.1) is 5.92 Å².